The number of aromatic nitrogens is 2. The number of nitrogens with zero attached hydrogens (tertiary/aromatic N) is 3. The highest BCUT2D eigenvalue weighted by Gasteiger charge is 2.02. The van der Waals surface area contributed by atoms with Crippen LogP contribution in [0.1, 0.15) is 12.6 Å². The van der Waals surface area contributed by atoms with Crippen LogP contribution in [0.5, 0.6) is 0 Å². The molecule has 80 valence electrons. The Morgan fingerprint density at radius 2 is 2.47 bits per heavy atom. The van der Waals surface area contributed by atoms with Gasteiger partial charge in [0.15, 0.2) is 0 Å². The van der Waals surface area contributed by atoms with E-state index in [1.165, 1.54) is 0 Å². The lowest BCUT2D eigenvalue weighted by atomic mass is 10.2. The Morgan fingerprint density at radius 1 is 1.67 bits per heavy atom. The standard InChI is InChI=1S/C10H14N4S/c1-8(7-15-2)6-13-10-12-4-3-9(5-11)14-10/h3-4,8H,6-7H2,1-2H3,(H,12,13,14). The molecule has 0 amide bonds. The molecule has 0 saturated carbocycles. The van der Waals surface area contributed by atoms with Crippen LogP contribution in [0.4, 0.5) is 5.95 Å². The van der Waals surface area contributed by atoms with Crippen molar-refractivity contribution in [3.63, 3.8) is 0 Å². The molecule has 15 heavy (non-hydrogen) atoms. The summed E-state index contributed by atoms with van der Waals surface area (Å²) in [5.41, 5.74) is 0.394. The molecule has 0 radical (unpaired) electrons. The molecule has 0 saturated heterocycles. The van der Waals surface area contributed by atoms with Crippen molar-refractivity contribution in [3.05, 3.63) is 18.0 Å². The van der Waals surface area contributed by atoms with Crippen molar-refractivity contribution in [2.45, 2.75) is 6.92 Å². The minimum absolute atomic E-state index is 0.394. The molecule has 1 aromatic heterocycles. The van der Waals surface area contributed by atoms with E-state index in [4.69, 9.17) is 5.26 Å². The SMILES string of the molecule is CSCC(C)CNc1nccc(C#N)n1. The predicted molar refractivity (Wildman–Crippen MR) is 62.8 cm³/mol. The number of rotatable bonds is 5. The molecule has 0 spiro atoms. The summed E-state index contributed by atoms with van der Waals surface area (Å²) in [4.78, 5) is 8.07. The second kappa shape index (κ2) is 6.25. The van der Waals surface area contributed by atoms with Gasteiger partial charge in [-0.2, -0.15) is 17.0 Å². The molecule has 0 bridgehead atoms. The van der Waals surface area contributed by atoms with Gasteiger partial charge in [-0.05, 0) is 24.0 Å². The Balaban J connectivity index is 2.47. The first-order valence-corrected chi connectivity index (χ1v) is 6.11. The van der Waals surface area contributed by atoms with Crippen LogP contribution in [0.15, 0.2) is 12.3 Å². The van der Waals surface area contributed by atoms with Crippen LogP contribution in [0, 0.1) is 17.2 Å². The van der Waals surface area contributed by atoms with Crippen molar-refractivity contribution in [3.8, 4) is 6.07 Å². The highest BCUT2D eigenvalue weighted by molar-refractivity contribution is 7.98. The second-order valence-electron chi connectivity index (χ2n) is 3.32. The Bertz CT molecular complexity index is 348. The van der Waals surface area contributed by atoms with Gasteiger partial charge in [0, 0.05) is 12.7 Å². The van der Waals surface area contributed by atoms with Crippen LogP contribution >= 0.6 is 11.8 Å². The molecule has 5 heteroatoms. The summed E-state index contributed by atoms with van der Waals surface area (Å²) in [5.74, 6) is 2.20. The first kappa shape index (κ1) is 11.8. The van der Waals surface area contributed by atoms with Gasteiger partial charge in [-0.1, -0.05) is 6.92 Å². The van der Waals surface area contributed by atoms with Crippen molar-refractivity contribution in [2.75, 3.05) is 23.9 Å². The Morgan fingerprint density at radius 3 is 3.13 bits per heavy atom. The minimum atomic E-state index is 0.394. The van der Waals surface area contributed by atoms with Gasteiger partial charge in [0.1, 0.15) is 11.8 Å². The molecule has 1 unspecified atom stereocenters. The summed E-state index contributed by atoms with van der Waals surface area (Å²) >= 11 is 1.82. The molecule has 1 N–H and O–H groups in total. The maximum atomic E-state index is 8.65. The quantitative estimate of drug-likeness (QED) is 0.822. The van der Waals surface area contributed by atoms with E-state index < -0.39 is 0 Å². The maximum absolute atomic E-state index is 8.65. The molecular formula is C10H14N4S. The summed E-state index contributed by atoms with van der Waals surface area (Å²) in [6, 6.07) is 3.58. The lowest BCUT2D eigenvalue weighted by molar-refractivity contribution is 0.697. The third-order valence-corrected chi connectivity index (χ3v) is 2.73. The third kappa shape index (κ3) is 4.17. The summed E-state index contributed by atoms with van der Waals surface area (Å²) in [7, 11) is 0. The van der Waals surface area contributed by atoms with E-state index in [1.807, 2.05) is 17.8 Å². The van der Waals surface area contributed by atoms with Gasteiger partial charge in [-0.25, -0.2) is 9.97 Å². The molecule has 1 heterocycles. The largest absolute Gasteiger partial charge is 0.354 e. The van der Waals surface area contributed by atoms with E-state index in [2.05, 4.69) is 28.5 Å². The molecule has 0 aromatic carbocycles. The van der Waals surface area contributed by atoms with Crippen LogP contribution < -0.4 is 5.32 Å². The molecule has 1 aromatic rings. The zero-order valence-electron chi connectivity index (χ0n) is 8.90. The highest BCUT2D eigenvalue weighted by atomic mass is 32.2. The zero-order chi connectivity index (χ0) is 11.1. The van der Waals surface area contributed by atoms with E-state index >= 15 is 0 Å². The molecule has 4 nitrogen and oxygen atoms in total. The number of anilines is 1. The van der Waals surface area contributed by atoms with Gasteiger partial charge in [-0.15, -0.1) is 0 Å². The van der Waals surface area contributed by atoms with Crippen LogP contribution in [0.2, 0.25) is 0 Å². The van der Waals surface area contributed by atoms with Crippen LogP contribution in [0.25, 0.3) is 0 Å². The van der Waals surface area contributed by atoms with E-state index in [0.717, 1.165) is 12.3 Å². The molecule has 0 aliphatic heterocycles. The Kier molecular flexibility index (Phi) is 4.91. The Hall–Kier alpha value is -1.28. The number of thioether (sulfide) groups is 1. The topological polar surface area (TPSA) is 61.6 Å². The summed E-state index contributed by atoms with van der Waals surface area (Å²) in [6.07, 6.45) is 3.68. The van der Waals surface area contributed by atoms with Crippen molar-refractivity contribution in [1.82, 2.24) is 9.97 Å². The highest BCUT2D eigenvalue weighted by Crippen LogP contribution is 2.06. The lowest BCUT2D eigenvalue weighted by Gasteiger charge is -2.10. The van der Waals surface area contributed by atoms with Gasteiger partial charge in [0.05, 0.1) is 0 Å². The van der Waals surface area contributed by atoms with Crippen LogP contribution in [-0.4, -0.2) is 28.5 Å². The molecule has 0 aliphatic carbocycles. The molecule has 1 rings (SSSR count). The second-order valence-corrected chi connectivity index (χ2v) is 4.23. The average molecular weight is 222 g/mol. The van der Waals surface area contributed by atoms with Gasteiger partial charge in [0.25, 0.3) is 0 Å². The lowest BCUT2D eigenvalue weighted by Crippen LogP contribution is -2.15. The molecule has 1 atom stereocenters. The number of hydrogen-bond donors (Lipinski definition) is 1. The van der Waals surface area contributed by atoms with Gasteiger partial charge in [0.2, 0.25) is 5.95 Å². The van der Waals surface area contributed by atoms with Crippen molar-refractivity contribution < 1.29 is 0 Å². The van der Waals surface area contributed by atoms with Crippen molar-refractivity contribution in [2.24, 2.45) is 5.92 Å². The monoisotopic (exact) mass is 222 g/mol. The summed E-state index contributed by atoms with van der Waals surface area (Å²) in [6.45, 7) is 2.99. The third-order valence-electron chi connectivity index (χ3n) is 1.83. The predicted octanol–water partition coefficient (Wildman–Crippen LogP) is 1.76. The van der Waals surface area contributed by atoms with Crippen molar-refractivity contribution in [1.29, 1.82) is 5.26 Å². The fraction of sp³-hybridized carbons (Fsp3) is 0.500. The summed E-state index contributed by atoms with van der Waals surface area (Å²) in [5, 5.41) is 11.8. The number of hydrogen-bond acceptors (Lipinski definition) is 5. The van der Waals surface area contributed by atoms with E-state index in [-0.39, 0.29) is 0 Å². The summed E-state index contributed by atoms with van der Waals surface area (Å²) < 4.78 is 0. The molecule has 0 aliphatic rings. The van der Waals surface area contributed by atoms with Gasteiger partial charge >= 0.3 is 0 Å². The van der Waals surface area contributed by atoms with Crippen molar-refractivity contribution >= 4 is 17.7 Å². The fourth-order valence-corrected chi connectivity index (χ4v) is 1.80. The zero-order valence-corrected chi connectivity index (χ0v) is 9.71. The van der Waals surface area contributed by atoms with E-state index in [1.54, 1.807) is 12.3 Å². The minimum Gasteiger partial charge on any atom is -0.354 e. The maximum Gasteiger partial charge on any atom is 0.223 e. The van der Waals surface area contributed by atoms with E-state index in [9.17, 15) is 0 Å². The van der Waals surface area contributed by atoms with E-state index in [0.29, 0.717) is 17.6 Å². The van der Waals surface area contributed by atoms with Gasteiger partial charge in [-0.3, -0.25) is 0 Å². The average Bonchev–Trinajstić information content (AvgIpc) is 2.27. The number of nitriles is 1. The fourth-order valence-electron chi connectivity index (χ4n) is 1.12. The first-order valence-electron chi connectivity index (χ1n) is 4.72. The molecule has 0 fully saturated rings. The first-order chi connectivity index (χ1) is 7.26. The number of nitrogens with one attached hydrogen (secondary N) is 1. The van der Waals surface area contributed by atoms with Crippen LogP contribution in [0.3, 0.4) is 0 Å². The van der Waals surface area contributed by atoms with Crippen LogP contribution in [-0.2, 0) is 0 Å². The molecular weight excluding hydrogens is 208 g/mol. The Labute approximate surface area is 94.1 Å². The normalized spacial score (nSPS) is 11.8. The smallest absolute Gasteiger partial charge is 0.223 e. The van der Waals surface area contributed by atoms with Gasteiger partial charge < -0.3 is 5.32 Å².